The van der Waals surface area contributed by atoms with Gasteiger partial charge in [-0.2, -0.15) is 17.4 Å². The van der Waals surface area contributed by atoms with Crippen LogP contribution >= 0.6 is 0 Å². The number of halogens is 4. The molecule has 2 unspecified atom stereocenters. The summed E-state index contributed by atoms with van der Waals surface area (Å²) in [5.74, 6) is 0. The molecule has 0 radical (unpaired) electrons. The van der Waals surface area contributed by atoms with Gasteiger partial charge < -0.3 is 0 Å². The normalized spacial score (nSPS) is 17.9. The zero-order valence-electron chi connectivity index (χ0n) is 4.97. The van der Waals surface area contributed by atoms with Crippen molar-refractivity contribution in [3.8, 4) is 0 Å². The van der Waals surface area contributed by atoms with Gasteiger partial charge in [0.15, 0.2) is 0 Å². The number of rotatable bonds is 3. The average Bonchev–Trinajstić information content (AvgIpc) is 1.53. The second-order valence-corrected chi connectivity index (χ2v) is 2.17. The third-order valence-electron chi connectivity index (χ3n) is 0.579. The van der Waals surface area contributed by atoms with Gasteiger partial charge in [0.25, 0.3) is 0 Å². The summed E-state index contributed by atoms with van der Waals surface area (Å²) in [6, 6.07) is 0. The van der Waals surface area contributed by atoms with Crippen LogP contribution in [0.25, 0.3) is 0 Å². The largest absolute Gasteiger partial charge is 0.394 e. The first kappa shape index (κ1) is 10.8. The van der Waals surface area contributed by atoms with Crippen molar-refractivity contribution in [1.29, 1.82) is 0 Å². The fraction of sp³-hybridized carbons (Fsp3) is 1.00. The van der Waals surface area contributed by atoms with E-state index in [1.807, 2.05) is 0 Å². The predicted molar refractivity (Wildman–Crippen MR) is 27.4 cm³/mol. The molecule has 0 bridgehead atoms. The molecule has 3 nitrogen and oxygen atoms in total. The monoisotopic (exact) mass is 196 g/mol. The van der Waals surface area contributed by atoms with Crippen LogP contribution in [-0.2, 0) is 15.5 Å². The smallest absolute Gasteiger partial charge is 0.284 e. The summed E-state index contributed by atoms with van der Waals surface area (Å²) in [6.07, 6.45) is -9.42. The van der Waals surface area contributed by atoms with Gasteiger partial charge in [-0.1, -0.05) is 0 Å². The molecule has 0 aromatic heterocycles. The molecular weight excluding hydrogens is 192 g/mol. The molecule has 8 heteroatoms. The molecule has 0 aliphatic rings. The lowest BCUT2D eigenvalue weighted by Crippen LogP contribution is -2.19. The Bertz CT molecular complexity index is 146. The minimum atomic E-state index is -4.74. The SMILES string of the molecule is O=S(O)OC(F)CC(F)(F)F. The summed E-state index contributed by atoms with van der Waals surface area (Å²) in [5, 5.41) is 0. The molecule has 11 heavy (non-hydrogen) atoms. The zero-order valence-corrected chi connectivity index (χ0v) is 5.78. The van der Waals surface area contributed by atoms with Gasteiger partial charge in [-0.05, 0) is 0 Å². The van der Waals surface area contributed by atoms with Crippen molar-refractivity contribution >= 4 is 11.4 Å². The minimum Gasteiger partial charge on any atom is -0.284 e. The number of hydrogen-bond acceptors (Lipinski definition) is 2. The Balaban J connectivity index is 3.69. The molecule has 0 fully saturated rings. The Morgan fingerprint density at radius 2 is 2.00 bits per heavy atom. The Morgan fingerprint density at radius 3 is 2.27 bits per heavy atom. The second-order valence-electron chi connectivity index (χ2n) is 1.54. The molecule has 0 heterocycles. The van der Waals surface area contributed by atoms with Gasteiger partial charge in [-0.3, -0.25) is 4.55 Å². The van der Waals surface area contributed by atoms with Crippen molar-refractivity contribution in [3.05, 3.63) is 0 Å². The zero-order chi connectivity index (χ0) is 9.07. The Morgan fingerprint density at radius 1 is 1.55 bits per heavy atom. The van der Waals surface area contributed by atoms with Crippen molar-refractivity contribution < 1.29 is 30.5 Å². The third kappa shape index (κ3) is 7.69. The van der Waals surface area contributed by atoms with Crippen molar-refractivity contribution in [2.24, 2.45) is 0 Å². The van der Waals surface area contributed by atoms with Crippen LogP contribution in [0.1, 0.15) is 6.42 Å². The van der Waals surface area contributed by atoms with Gasteiger partial charge in [0.2, 0.25) is 6.36 Å². The van der Waals surface area contributed by atoms with Crippen LogP contribution < -0.4 is 0 Å². The molecule has 68 valence electrons. The van der Waals surface area contributed by atoms with Gasteiger partial charge in [0, 0.05) is 0 Å². The maximum absolute atomic E-state index is 11.9. The highest BCUT2D eigenvalue weighted by Gasteiger charge is 2.33. The van der Waals surface area contributed by atoms with Crippen molar-refractivity contribution in [3.63, 3.8) is 0 Å². The van der Waals surface area contributed by atoms with Crippen molar-refractivity contribution in [2.75, 3.05) is 0 Å². The summed E-state index contributed by atoms with van der Waals surface area (Å²) in [4.78, 5) is 0. The maximum Gasteiger partial charge on any atom is 0.394 e. The topological polar surface area (TPSA) is 46.5 Å². The van der Waals surface area contributed by atoms with E-state index in [1.165, 1.54) is 0 Å². The summed E-state index contributed by atoms with van der Waals surface area (Å²) in [5.41, 5.74) is 0. The van der Waals surface area contributed by atoms with Crippen LogP contribution in [0.5, 0.6) is 0 Å². The van der Waals surface area contributed by atoms with Crippen LogP contribution in [0.4, 0.5) is 17.6 Å². The van der Waals surface area contributed by atoms with E-state index in [-0.39, 0.29) is 0 Å². The molecule has 0 saturated carbocycles. The van der Waals surface area contributed by atoms with E-state index in [2.05, 4.69) is 4.18 Å². The fourth-order valence-corrected chi connectivity index (χ4v) is 0.552. The first-order chi connectivity index (χ1) is 4.81. The maximum atomic E-state index is 11.9. The first-order valence-corrected chi connectivity index (χ1v) is 3.33. The van der Waals surface area contributed by atoms with E-state index in [9.17, 15) is 21.8 Å². The van der Waals surface area contributed by atoms with E-state index in [1.54, 1.807) is 0 Å². The fourth-order valence-electron chi connectivity index (χ4n) is 0.305. The molecule has 2 atom stereocenters. The average molecular weight is 196 g/mol. The lowest BCUT2D eigenvalue weighted by Gasteiger charge is -2.08. The molecule has 0 spiro atoms. The van der Waals surface area contributed by atoms with Gasteiger partial charge >= 0.3 is 17.5 Å². The minimum absolute atomic E-state index is 1.89. The van der Waals surface area contributed by atoms with E-state index >= 15 is 0 Å². The molecular formula is C3H4F4O3S. The third-order valence-corrected chi connectivity index (χ3v) is 0.952. The Labute approximate surface area is 61.8 Å². The van der Waals surface area contributed by atoms with Crippen LogP contribution in [0.15, 0.2) is 0 Å². The molecule has 0 saturated heterocycles. The van der Waals surface area contributed by atoms with Crippen LogP contribution in [0.2, 0.25) is 0 Å². The highest BCUT2D eigenvalue weighted by Crippen LogP contribution is 2.23. The van der Waals surface area contributed by atoms with Gasteiger partial charge in [0.05, 0.1) is 0 Å². The highest BCUT2D eigenvalue weighted by atomic mass is 32.2. The number of hydrogen-bond donors (Lipinski definition) is 1. The van der Waals surface area contributed by atoms with Crippen LogP contribution in [-0.4, -0.2) is 21.3 Å². The molecule has 0 aliphatic carbocycles. The standard InChI is InChI=1S/C3H4F4O3S/c4-2(10-11(8)9)1-3(5,6)7/h2H,1H2,(H,8,9). The molecule has 0 amide bonds. The molecule has 0 aromatic carbocycles. The van der Waals surface area contributed by atoms with Gasteiger partial charge in [-0.15, -0.1) is 0 Å². The number of alkyl halides is 4. The van der Waals surface area contributed by atoms with Crippen molar-refractivity contribution in [2.45, 2.75) is 19.0 Å². The van der Waals surface area contributed by atoms with E-state index in [0.717, 1.165) is 0 Å². The van der Waals surface area contributed by atoms with E-state index < -0.39 is 30.3 Å². The molecule has 0 aliphatic heterocycles. The second kappa shape index (κ2) is 3.98. The van der Waals surface area contributed by atoms with E-state index in [0.29, 0.717) is 0 Å². The summed E-state index contributed by atoms with van der Waals surface area (Å²) >= 11 is -3.01. The lowest BCUT2D eigenvalue weighted by molar-refractivity contribution is -0.165. The molecule has 0 aromatic rings. The van der Waals surface area contributed by atoms with Gasteiger partial charge in [-0.25, -0.2) is 8.57 Å². The quantitative estimate of drug-likeness (QED) is 0.548. The molecule has 1 N–H and O–H groups in total. The Hall–Kier alpha value is -0.210. The van der Waals surface area contributed by atoms with Crippen LogP contribution in [0.3, 0.4) is 0 Å². The first-order valence-electron chi connectivity index (χ1n) is 2.30. The van der Waals surface area contributed by atoms with Crippen LogP contribution in [0, 0.1) is 0 Å². The Kier molecular flexibility index (Phi) is 3.90. The lowest BCUT2D eigenvalue weighted by atomic mass is 10.4. The van der Waals surface area contributed by atoms with Crippen molar-refractivity contribution in [1.82, 2.24) is 0 Å². The highest BCUT2D eigenvalue weighted by molar-refractivity contribution is 7.74. The summed E-state index contributed by atoms with van der Waals surface area (Å²) in [6.45, 7) is 0. The summed E-state index contributed by atoms with van der Waals surface area (Å²) in [7, 11) is 0. The predicted octanol–water partition coefficient (Wildman–Crippen LogP) is 1.39. The molecule has 0 rings (SSSR count). The van der Waals surface area contributed by atoms with E-state index in [4.69, 9.17) is 4.55 Å². The summed E-state index contributed by atoms with van der Waals surface area (Å²) < 4.78 is 66.2. The van der Waals surface area contributed by atoms with Gasteiger partial charge in [0.1, 0.15) is 6.42 Å².